The Morgan fingerprint density at radius 2 is 1.83 bits per heavy atom. The molecule has 0 heterocycles. The Bertz CT molecular complexity index is 497. The fourth-order valence-electron chi connectivity index (χ4n) is 1.96. The SMILES string of the molecule is CCNC(=NCC(C)Oc1ccc(F)cc1)NCCNC(C)(C)C. The first-order valence-corrected chi connectivity index (χ1v) is 8.49. The summed E-state index contributed by atoms with van der Waals surface area (Å²) in [5.41, 5.74) is 0.106. The van der Waals surface area contributed by atoms with Crippen LogP contribution >= 0.6 is 0 Å². The van der Waals surface area contributed by atoms with Gasteiger partial charge in [0.1, 0.15) is 17.7 Å². The largest absolute Gasteiger partial charge is 0.489 e. The molecular formula is C18H31FN4O. The van der Waals surface area contributed by atoms with Crippen molar-refractivity contribution < 1.29 is 9.13 Å². The first-order chi connectivity index (χ1) is 11.3. The van der Waals surface area contributed by atoms with Crippen molar-refractivity contribution in [1.29, 1.82) is 0 Å². The molecule has 0 saturated heterocycles. The van der Waals surface area contributed by atoms with Gasteiger partial charge in [0.05, 0.1) is 6.54 Å². The van der Waals surface area contributed by atoms with E-state index in [0.29, 0.717) is 12.3 Å². The van der Waals surface area contributed by atoms with E-state index in [1.54, 1.807) is 12.1 Å². The Morgan fingerprint density at radius 1 is 1.17 bits per heavy atom. The average molecular weight is 338 g/mol. The molecule has 1 aromatic rings. The third kappa shape index (κ3) is 9.35. The van der Waals surface area contributed by atoms with Crippen molar-refractivity contribution in [2.75, 3.05) is 26.2 Å². The molecule has 1 atom stereocenters. The van der Waals surface area contributed by atoms with Gasteiger partial charge in [0.15, 0.2) is 5.96 Å². The van der Waals surface area contributed by atoms with Crippen LogP contribution in [0, 0.1) is 5.82 Å². The highest BCUT2D eigenvalue weighted by Crippen LogP contribution is 2.12. The lowest BCUT2D eigenvalue weighted by Gasteiger charge is -2.21. The summed E-state index contributed by atoms with van der Waals surface area (Å²) in [6.07, 6.45) is -0.0985. The molecule has 0 spiro atoms. The molecule has 0 aliphatic heterocycles. The molecule has 0 bridgehead atoms. The second-order valence-corrected chi connectivity index (χ2v) is 6.71. The number of rotatable bonds is 8. The molecule has 1 unspecified atom stereocenters. The Labute approximate surface area is 145 Å². The molecule has 1 rings (SSSR count). The molecule has 6 heteroatoms. The quantitative estimate of drug-likeness (QED) is 0.387. The first-order valence-electron chi connectivity index (χ1n) is 8.49. The summed E-state index contributed by atoms with van der Waals surface area (Å²) in [6.45, 7) is 13.3. The second-order valence-electron chi connectivity index (χ2n) is 6.71. The maximum atomic E-state index is 12.9. The predicted octanol–water partition coefficient (Wildman–Crippen LogP) is 2.54. The van der Waals surface area contributed by atoms with Gasteiger partial charge in [0.25, 0.3) is 0 Å². The minimum atomic E-state index is -0.268. The summed E-state index contributed by atoms with van der Waals surface area (Å²) >= 11 is 0. The maximum Gasteiger partial charge on any atom is 0.191 e. The second kappa shape index (κ2) is 10.1. The van der Waals surface area contributed by atoms with E-state index in [-0.39, 0.29) is 17.5 Å². The highest BCUT2D eigenvalue weighted by atomic mass is 19.1. The number of nitrogens with one attached hydrogen (secondary N) is 3. The molecule has 136 valence electrons. The molecule has 0 aliphatic rings. The van der Waals surface area contributed by atoms with E-state index in [9.17, 15) is 4.39 Å². The summed E-state index contributed by atoms with van der Waals surface area (Å²) in [5, 5.41) is 9.92. The van der Waals surface area contributed by atoms with Gasteiger partial charge in [0.2, 0.25) is 0 Å². The van der Waals surface area contributed by atoms with Crippen molar-refractivity contribution in [2.24, 2.45) is 4.99 Å². The third-order valence-corrected chi connectivity index (χ3v) is 3.07. The van der Waals surface area contributed by atoms with Crippen LogP contribution in [0.3, 0.4) is 0 Å². The van der Waals surface area contributed by atoms with Crippen molar-refractivity contribution >= 4 is 5.96 Å². The monoisotopic (exact) mass is 338 g/mol. The Balaban J connectivity index is 2.41. The van der Waals surface area contributed by atoms with E-state index in [1.807, 2.05) is 13.8 Å². The highest BCUT2D eigenvalue weighted by Gasteiger charge is 2.08. The normalized spacial score (nSPS) is 13.5. The van der Waals surface area contributed by atoms with Crippen LogP contribution in [0.25, 0.3) is 0 Å². The molecule has 0 fully saturated rings. The number of hydrogen-bond acceptors (Lipinski definition) is 3. The number of aliphatic imine (C=N–C) groups is 1. The number of ether oxygens (including phenoxy) is 1. The van der Waals surface area contributed by atoms with Crippen molar-refractivity contribution in [3.8, 4) is 5.75 Å². The topological polar surface area (TPSA) is 57.7 Å². The molecule has 0 radical (unpaired) electrons. The fourth-order valence-corrected chi connectivity index (χ4v) is 1.96. The summed E-state index contributed by atoms with van der Waals surface area (Å²) in [6, 6.07) is 6.02. The summed E-state index contributed by atoms with van der Waals surface area (Å²) in [5.74, 6) is 1.14. The molecule has 0 aliphatic carbocycles. The Morgan fingerprint density at radius 3 is 2.42 bits per heavy atom. The molecule has 1 aromatic carbocycles. The Kier molecular flexibility index (Phi) is 8.54. The van der Waals surface area contributed by atoms with Gasteiger partial charge >= 0.3 is 0 Å². The van der Waals surface area contributed by atoms with Crippen LogP contribution in [0.5, 0.6) is 5.75 Å². The minimum Gasteiger partial charge on any atom is -0.489 e. The molecule has 24 heavy (non-hydrogen) atoms. The van der Waals surface area contributed by atoms with Crippen LogP contribution in [0.4, 0.5) is 4.39 Å². The van der Waals surface area contributed by atoms with Crippen LogP contribution in [-0.4, -0.2) is 43.8 Å². The zero-order valence-corrected chi connectivity index (χ0v) is 15.4. The Hall–Kier alpha value is -1.82. The number of halogens is 1. The van der Waals surface area contributed by atoms with Crippen molar-refractivity contribution in [3.05, 3.63) is 30.1 Å². The van der Waals surface area contributed by atoms with E-state index in [4.69, 9.17) is 4.74 Å². The van der Waals surface area contributed by atoms with Crippen LogP contribution in [0.2, 0.25) is 0 Å². The highest BCUT2D eigenvalue weighted by molar-refractivity contribution is 5.79. The lowest BCUT2D eigenvalue weighted by Crippen LogP contribution is -2.44. The molecule has 0 amide bonds. The average Bonchev–Trinajstić information content (AvgIpc) is 2.50. The van der Waals surface area contributed by atoms with E-state index < -0.39 is 0 Å². The van der Waals surface area contributed by atoms with E-state index >= 15 is 0 Å². The van der Waals surface area contributed by atoms with Crippen molar-refractivity contribution in [3.63, 3.8) is 0 Å². The molecule has 3 N–H and O–H groups in total. The van der Waals surface area contributed by atoms with Gasteiger partial charge in [-0.05, 0) is 58.9 Å². The molecular weight excluding hydrogens is 307 g/mol. The van der Waals surface area contributed by atoms with Gasteiger partial charge in [-0.25, -0.2) is 9.38 Å². The smallest absolute Gasteiger partial charge is 0.191 e. The van der Waals surface area contributed by atoms with Crippen LogP contribution in [0.15, 0.2) is 29.3 Å². The standard InChI is InChI=1S/C18H31FN4O/c1-6-20-17(21-11-12-23-18(3,4)5)22-13-14(2)24-16-9-7-15(19)8-10-16/h7-10,14,23H,6,11-13H2,1-5H3,(H2,20,21,22). The van der Waals surface area contributed by atoms with E-state index in [2.05, 4.69) is 41.7 Å². The van der Waals surface area contributed by atoms with Crippen molar-refractivity contribution in [2.45, 2.75) is 46.3 Å². The molecule has 0 aromatic heterocycles. The zero-order chi connectivity index (χ0) is 18.0. The number of guanidine groups is 1. The summed E-state index contributed by atoms with van der Waals surface area (Å²) in [4.78, 5) is 4.53. The van der Waals surface area contributed by atoms with Gasteiger partial charge in [-0.1, -0.05) is 0 Å². The zero-order valence-electron chi connectivity index (χ0n) is 15.4. The minimum absolute atomic E-state index is 0.0985. The molecule has 5 nitrogen and oxygen atoms in total. The number of hydrogen-bond donors (Lipinski definition) is 3. The van der Waals surface area contributed by atoms with Crippen molar-refractivity contribution in [1.82, 2.24) is 16.0 Å². The van der Waals surface area contributed by atoms with Gasteiger partial charge in [-0.15, -0.1) is 0 Å². The van der Waals surface area contributed by atoms with Crippen LogP contribution in [0.1, 0.15) is 34.6 Å². The lowest BCUT2D eigenvalue weighted by molar-refractivity contribution is 0.230. The number of benzene rings is 1. The van der Waals surface area contributed by atoms with Gasteiger partial charge in [-0.2, -0.15) is 0 Å². The number of nitrogens with zero attached hydrogens (tertiary/aromatic N) is 1. The summed E-state index contributed by atoms with van der Waals surface area (Å²) in [7, 11) is 0. The van der Waals surface area contributed by atoms with Crippen LogP contribution in [-0.2, 0) is 0 Å². The fraction of sp³-hybridized carbons (Fsp3) is 0.611. The molecule has 0 saturated carbocycles. The van der Waals surface area contributed by atoms with Crippen LogP contribution < -0.4 is 20.7 Å². The first kappa shape index (κ1) is 20.2. The van der Waals surface area contributed by atoms with Gasteiger partial charge < -0.3 is 20.7 Å². The lowest BCUT2D eigenvalue weighted by atomic mass is 10.1. The van der Waals surface area contributed by atoms with E-state index in [1.165, 1.54) is 12.1 Å². The maximum absolute atomic E-state index is 12.9. The van der Waals surface area contributed by atoms with E-state index in [0.717, 1.165) is 25.6 Å². The van der Waals surface area contributed by atoms with Gasteiger partial charge in [-0.3, -0.25) is 0 Å². The summed E-state index contributed by atoms with van der Waals surface area (Å²) < 4.78 is 18.6. The predicted molar refractivity (Wildman–Crippen MR) is 98.2 cm³/mol. The third-order valence-electron chi connectivity index (χ3n) is 3.07. The van der Waals surface area contributed by atoms with Gasteiger partial charge in [0, 0.05) is 25.2 Å².